The third-order valence-corrected chi connectivity index (χ3v) is 5.61. The Kier molecular flexibility index (Phi) is 5.75. The van der Waals surface area contributed by atoms with Crippen LogP contribution in [0.15, 0.2) is 24.3 Å². The largest absolute Gasteiger partial charge is 0.573 e. The molecule has 4 N–H and O–H groups in total. The van der Waals surface area contributed by atoms with E-state index in [4.69, 9.17) is 0 Å². The number of benzene rings is 1. The number of likely N-dealkylation sites (tertiary alicyclic amines) is 1. The van der Waals surface area contributed by atoms with Gasteiger partial charge in [-0.15, -0.1) is 13.2 Å². The maximum Gasteiger partial charge on any atom is 0.573 e. The van der Waals surface area contributed by atoms with Crippen LogP contribution in [0.3, 0.4) is 0 Å². The number of alkyl halides is 3. The predicted octanol–water partition coefficient (Wildman–Crippen LogP) is 0.701. The molecule has 168 valence electrons. The van der Waals surface area contributed by atoms with E-state index in [1.54, 1.807) is 0 Å². The lowest BCUT2D eigenvalue weighted by Crippen LogP contribution is -2.74. The second-order valence-corrected chi connectivity index (χ2v) is 7.77. The first-order valence-corrected chi connectivity index (χ1v) is 9.96. The van der Waals surface area contributed by atoms with E-state index in [0.717, 1.165) is 38.1 Å². The summed E-state index contributed by atoms with van der Waals surface area (Å²) in [5, 5.41) is 11.3. The van der Waals surface area contributed by atoms with Crippen LogP contribution in [-0.4, -0.2) is 54.5 Å². The van der Waals surface area contributed by atoms with Crippen molar-refractivity contribution in [3.05, 3.63) is 24.3 Å². The lowest BCUT2D eigenvalue weighted by Gasteiger charge is -2.45. The summed E-state index contributed by atoms with van der Waals surface area (Å²) in [6.07, 6.45) is -4.22. The smallest absolute Gasteiger partial charge is 0.406 e. The molecule has 12 heteroatoms. The molecule has 4 unspecified atom stereocenters. The highest BCUT2D eigenvalue weighted by Crippen LogP contribution is 2.30. The number of hydrogen-bond donors (Lipinski definition) is 4. The number of fused-ring (bicyclic) bond motifs is 1. The topological polar surface area (TPSA) is 112 Å². The van der Waals surface area contributed by atoms with Gasteiger partial charge in [0.1, 0.15) is 12.0 Å². The Hall–Kier alpha value is -2.86. The highest BCUT2D eigenvalue weighted by Gasteiger charge is 2.49. The number of carbonyl (C=O) groups excluding carboxylic acids is 3. The van der Waals surface area contributed by atoms with Crippen LogP contribution in [0.4, 0.5) is 18.9 Å². The van der Waals surface area contributed by atoms with Crippen molar-refractivity contribution < 1.29 is 32.3 Å². The van der Waals surface area contributed by atoms with Gasteiger partial charge in [0.2, 0.25) is 17.7 Å². The summed E-state index contributed by atoms with van der Waals surface area (Å²) in [7, 11) is 0. The van der Waals surface area contributed by atoms with Gasteiger partial charge in [-0.1, -0.05) is 6.07 Å². The Morgan fingerprint density at radius 3 is 2.61 bits per heavy atom. The molecular weight excluding hydrogens is 419 g/mol. The SMILES string of the molecule is O=C1CC(C(=O)Nc2cccc(OC(F)(F)F)c2)C2C(=O)NC(N3CCCC3)NC2N1. The van der Waals surface area contributed by atoms with Gasteiger partial charge in [-0.05, 0) is 25.0 Å². The summed E-state index contributed by atoms with van der Waals surface area (Å²) in [4.78, 5) is 40.0. The maximum atomic E-state index is 12.9. The van der Waals surface area contributed by atoms with E-state index in [1.165, 1.54) is 12.1 Å². The van der Waals surface area contributed by atoms with Gasteiger partial charge in [-0.2, -0.15) is 0 Å². The summed E-state index contributed by atoms with van der Waals surface area (Å²) in [6.45, 7) is 1.62. The Morgan fingerprint density at radius 1 is 1.16 bits per heavy atom. The number of nitrogens with zero attached hydrogens (tertiary/aromatic N) is 1. The molecular formula is C19H22F3N5O4. The molecule has 3 heterocycles. The van der Waals surface area contributed by atoms with E-state index >= 15 is 0 Å². The van der Waals surface area contributed by atoms with Crippen molar-refractivity contribution in [2.45, 2.75) is 38.1 Å². The third kappa shape index (κ3) is 4.90. The Bertz CT molecular complexity index is 874. The van der Waals surface area contributed by atoms with Gasteiger partial charge in [0.25, 0.3) is 0 Å². The third-order valence-electron chi connectivity index (χ3n) is 5.61. The number of carbonyl (C=O) groups is 3. The zero-order chi connectivity index (χ0) is 22.2. The molecule has 0 aromatic heterocycles. The molecule has 31 heavy (non-hydrogen) atoms. The fraction of sp³-hybridized carbons (Fsp3) is 0.526. The number of nitrogens with one attached hydrogen (secondary N) is 4. The second-order valence-electron chi connectivity index (χ2n) is 7.77. The summed E-state index contributed by atoms with van der Waals surface area (Å²) in [5.41, 5.74) is 0.0633. The first-order valence-electron chi connectivity index (χ1n) is 9.96. The Labute approximate surface area is 175 Å². The van der Waals surface area contributed by atoms with Gasteiger partial charge in [-0.3, -0.25) is 24.6 Å². The predicted molar refractivity (Wildman–Crippen MR) is 101 cm³/mol. The van der Waals surface area contributed by atoms with E-state index in [1.807, 2.05) is 0 Å². The first-order chi connectivity index (χ1) is 14.7. The zero-order valence-corrected chi connectivity index (χ0v) is 16.4. The summed E-state index contributed by atoms with van der Waals surface area (Å²) in [5.74, 6) is -3.72. The fourth-order valence-corrected chi connectivity index (χ4v) is 4.26. The standard InChI is InChI=1S/C19H22F3N5O4/c20-19(21,22)31-11-5-3-4-10(8-11)23-16(29)12-9-13(28)24-15-14(12)17(30)26-18(25-15)27-6-1-2-7-27/h3-5,8,12,14-15,18,25H,1-2,6-7,9H2,(H,23,29)(H,24,28)(H,26,30). The van der Waals surface area contributed by atoms with Crippen molar-refractivity contribution in [2.75, 3.05) is 18.4 Å². The monoisotopic (exact) mass is 441 g/mol. The van der Waals surface area contributed by atoms with Crippen molar-refractivity contribution in [3.63, 3.8) is 0 Å². The van der Waals surface area contributed by atoms with Crippen LogP contribution < -0.4 is 26.0 Å². The number of hydrogen-bond acceptors (Lipinski definition) is 6. The van der Waals surface area contributed by atoms with Crippen LogP contribution in [0.2, 0.25) is 0 Å². The molecule has 4 atom stereocenters. The van der Waals surface area contributed by atoms with Gasteiger partial charge in [-0.25, -0.2) is 0 Å². The van der Waals surface area contributed by atoms with E-state index < -0.39 is 48.2 Å². The molecule has 3 aliphatic heterocycles. The van der Waals surface area contributed by atoms with E-state index in [2.05, 4.69) is 30.9 Å². The van der Waals surface area contributed by atoms with Crippen LogP contribution >= 0.6 is 0 Å². The van der Waals surface area contributed by atoms with Gasteiger partial charge in [0, 0.05) is 31.3 Å². The number of rotatable bonds is 4. The lowest BCUT2D eigenvalue weighted by atomic mass is 9.81. The van der Waals surface area contributed by atoms with Crippen molar-refractivity contribution >= 4 is 23.4 Å². The fourth-order valence-electron chi connectivity index (χ4n) is 4.26. The zero-order valence-electron chi connectivity index (χ0n) is 16.4. The molecule has 4 rings (SSSR count). The number of ether oxygens (including phenoxy) is 1. The minimum absolute atomic E-state index is 0.0633. The Balaban J connectivity index is 1.47. The summed E-state index contributed by atoms with van der Waals surface area (Å²) < 4.78 is 41.2. The van der Waals surface area contributed by atoms with Crippen molar-refractivity contribution in [1.29, 1.82) is 0 Å². The maximum absolute atomic E-state index is 12.9. The van der Waals surface area contributed by atoms with Crippen molar-refractivity contribution in [1.82, 2.24) is 20.9 Å². The normalized spacial score (nSPS) is 29.0. The van der Waals surface area contributed by atoms with Gasteiger partial charge >= 0.3 is 6.36 Å². The molecule has 3 fully saturated rings. The molecule has 1 aromatic carbocycles. The van der Waals surface area contributed by atoms with Gasteiger partial charge in [0.15, 0.2) is 0 Å². The van der Waals surface area contributed by atoms with E-state index in [9.17, 15) is 27.6 Å². The van der Waals surface area contributed by atoms with Crippen LogP contribution in [-0.2, 0) is 14.4 Å². The molecule has 1 aromatic rings. The highest BCUT2D eigenvalue weighted by atomic mass is 19.4. The number of anilines is 1. The molecule has 0 aliphatic carbocycles. The quantitative estimate of drug-likeness (QED) is 0.548. The number of halogens is 3. The van der Waals surface area contributed by atoms with Gasteiger partial charge in [0.05, 0.1) is 18.0 Å². The summed E-state index contributed by atoms with van der Waals surface area (Å²) in [6, 6.07) is 4.81. The molecule has 3 saturated heterocycles. The molecule has 3 amide bonds. The van der Waals surface area contributed by atoms with Gasteiger partial charge < -0.3 is 20.7 Å². The molecule has 3 aliphatic rings. The summed E-state index contributed by atoms with van der Waals surface area (Å²) >= 11 is 0. The van der Waals surface area contributed by atoms with E-state index in [0.29, 0.717) is 0 Å². The van der Waals surface area contributed by atoms with Crippen molar-refractivity contribution in [3.8, 4) is 5.75 Å². The van der Waals surface area contributed by atoms with Crippen molar-refractivity contribution in [2.24, 2.45) is 11.8 Å². The minimum atomic E-state index is -4.87. The number of piperidine rings is 1. The van der Waals surface area contributed by atoms with Crippen LogP contribution in [0.5, 0.6) is 5.75 Å². The molecule has 0 saturated carbocycles. The second kappa shape index (κ2) is 8.35. The molecule has 0 bridgehead atoms. The Morgan fingerprint density at radius 2 is 1.90 bits per heavy atom. The number of amides is 3. The van der Waals surface area contributed by atoms with Crippen LogP contribution in [0.25, 0.3) is 0 Å². The molecule has 0 radical (unpaired) electrons. The molecule has 9 nitrogen and oxygen atoms in total. The molecule has 0 spiro atoms. The van der Waals surface area contributed by atoms with Crippen LogP contribution in [0, 0.1) is 11.8 Å². The highest BCUT2D eigenvalue weighted by molar-refractivity contribution is 6.00. The minimum Gasteiger partial charge on any atom is -0.406 e. The first kappa shape index (κ1) is 21.4. The average molecular weight is 441 g/mol. The average Bonchev–Trinajstić information content (AvgIpc) is 3.20. The van der Waals surface area contributed by atoms with E-state index in [-0.39, 0.29) is 18.0 Å². The van der Waals surface area contributed by atoms with Crippen LogP contribution in [0.1, 0.15) is 19.3 Å². The lowest BCUT2D eigenvalue weighted by molar-refractivity contribution is -0.274.